The first-order chi connectivity index (χ1) is 7.69. The van der Waals surface area contributed by atoms with Crippen LogP contribution in [0.5, 0.6) is 0 Å². The van der Waals surface area contributed by atoms with Crippen LogP contribution in [0.4, 0.5) is 10.2 Å². The smallest absolute Gasteiger partial charge is 0.241 e. The molecule has 0 saturated heterocycles. The van der Waals surface area contributed by atoms with Crippen molar-refractivity contribution in [1.82, 2.24) is 9.88 Å². The van der Waals surface area contributed by atoms with Crippen molar-refractivity contribution >= 4 is 11.7 Å². The summed E-state index contributed by atoms with van der Waals surface area (Å²) in [7, 11) is 0. The number of rotatable bonds is 5. The van der Waals surface area contributed by atoms with Gasteiger partial charge in [-0.1, -0.05) is 0 Å². The Morgan fingerprint density at radius 1 is 1.50 bits per heavy atom. The topological polar surface area (TPSA) is 45.2 Å². The van der Waals surface area contributed by atoms with Crippen LogP contribution in [0.1, 0.15) is 13.8 Å². The van der Waals surface area contributed by atoms with Crippen LogP contribution >= 0.6 is 0 Å². The average Bonchev–Trinajstić information content (AvgIpc) is 2.29. The number of nitrogens with one attached hydrogen (secondary N) is 1. The summed E-state index contributed by atoms with van der Waals surface area (Å²) in [6.07, 6.45) is 1.48. The number of aromatic nitrogens is 1. The fourth-order valence-corrected chi connectivity index (χ4v) is 1.36. The van der Waals surface area contributed by atoms with Gasteiger partial charge in [0.15, 0.2) is 11.6 Å². The maximum atomic E-state index is 13.2. The molecule has 1 aromatic heterocycles. The lowest BCUT2D eigenvalue weighted by molar-refractivity contribution is -0.128. The van der Waals surface area contributed by atoms with E-state index in [0.29, 0.717) is 13.1 Å². The molecule has 0 aliphatic rings. The summed E-state index contributed by atoms with van der Waals surface area (Å²) in [4.78, 5) is 17.1. The van der Waals surface area contributed by atoms with Crippen molar-refractivity contribution in [3.63, 3.8) is 0 Å². The molecule has 0 aromatic carbocycles. The second-order valence-electron chi connectivity index (χ2n) is 3.25. The Balaban J connectivity index is 2.52. The number of likely N-dealkylation sites (N-methyl/N-ethyl adjacent to an activating group) is 1. The van der Waals surface area contributed by atoms with Crippen molar-refractivity contribution in [3.8, 4) is 0 Å². The molecule has 0 spiro atoms. The number of carbonyl (C=O) groups is 1. The van der Waals surface area contributed by atoms with Gasteiger partial charge in [-0.15, -0.1) is 0 Å². The predicted molar refractivity (Wildman–Crippen MR) is 60.6 cm³/mol. The highest BCUT2D eigenvalue weighted by molar-refractivity contribution is 5.80. The fraction of sp³-hybridized carbons (Fsp3) is 0.455. The second kappa shape index (κ2) is 6.05. The van der Waals surface area contributed by atoms with Crippen molar-refractivity contribution < 1.29 is 9.18 Å². The Kier molecular flexibility index (Phi) is 4.69. The molecule has 0 saturated carbocycles. The summed E-state index contributed by atoms with van der Waals surface area (Å²) < 4.78 is 13.2. The molecular formula is C11H16FN3O. The van der Waals surface area contributed by atoms with Gasteiger partial charge in [-0.2, -0.15) is 0 Å². The molecule has 0 unspecified atom stereocenters. The highest BCUT2D eigenvalue weighted by Gasteiger charge is 2.10. The van der Waals surface area contributed by atoms with Gasteiger partial charge in [0, 0.05) is 19.3 Å². The van der Waals surface area contributed by atoms with E-state index in [1.165, 1.54) is 18.3 Å². The summed E-state index contributed by atoms with van der Waals surface area (Å²) in [5.41, 5.74) is 0. The third-order valence-electron chi connectivity index (χ3n) is 2.28. The van der Waals surface area contributed by atoms with Crippen LogP contribution in [0.2, 0.25) is 0 Å². The molecule has 1 rings (SSSR count). The van der Waals surface area contributed by atoms with Gasteiger partial charge in [-0.05, 0) is 26.0 Å². The first-order valence-electron chi connectivity index (χ1n) is 5.31. The maximum Gasteiger partial charge on any atom is 0.241 e. The molecule has 88 valence electrons. The molecule has 0 fully saturated rings. The molecule has 1 heterocycles. The van der Waals surface area contributed by atoms with Gasteiger partial charge < -0.3 is 10.2 Å². The van der Waals surface area contributed by atoms with Gasteiger partial charge in [-0.25, -0.2) is 9.37 Å². The Morgan fingerprint density at radius 2 is 2.19 bits per heavy atom. The van der Waals surface area contributed by atoms with E-state index in [-0.39, 0.29) is 18.3 Å². The third kappa shape index (κ3) is 3.18. The summed E-state index contributed by atoms with van der Waals surface area (Å²) in [5.74, 6) is -0.395. The summed E-state index contributed by atoms with van der Waals surface area (Å²) in [6.45, 7) is 5.19. The average molecular weight is 225 g/mol. The van der Waals surface area contributed by atoms with E-state index in [2.05, 4.69) is 10.3 Å². The molecule has 0 radical (unpaired) electrons. The highest BCUT2D eigenvalue weighted by Crippen LogP contribution is 2.07. The van der Waals surface area contributed by atoms with Gasteiger partial charge in [0.2, 0.25) is 5.91 Å². The minimum Gasteiger partial charge on any atom is -0.359 e. The number of amides is 1. The van der Waals surface area contributed by atoms with Crippen molar-refractivity contribution in [3.05, 3.63) is 24.1 Å². The summed E-state index contributed by atoms with van der Waals surface area (Å²) in [5, 5.41) is 2.68. The molecule has 4 nitrogen and oxygen atoms in total. The molecular weight excluding hydrogens is 209 g/mol. The van der Waals surface area contributed by atoms with E-state index >= 15 is 0 Å². The molecule has 0 aliphatic heterocycles. The zero-order valence-corrected chi connectivity index (χ0v) is 9.53. The lowest BCUT2D eigenvalue weighted by Gasteiger charge is -2.18. The largest absolute Gasteiger partial charge is 0.359 e. The zero-order valence-electron chi connectivity index (χ0n) is 9.53. The minimum atomic E-state index is -0.449. The fourth-order valence-electron chi connectivity index (χ4n) is 1.36. The van der Waals surface area contributed by atoms with Gasteiger partial charge in [0.25, 0.3) is 0 Å². The number of anilines is 1. The van der Waals surface area contributed by atoms with Crippen LogP contribution in [-0.2, 0) is 4.79 Å². The van der Waals surface area contributed by atoms with Crippen molar-refractivity contribution in [2.24, 2.45) is 0 Å². The van der Waals surface area contributed by atoms with Crippen molar-refractivity contribution in [2.45, 2.75) is 13.8 Å². The van der Waals surface area contributed by atoms with Crippen LogP contribution in [-0.4, -0.2) is 35.4 Å². The molecule has 16 heavy (non-hydrogen) atoms. The first kappa shape index (κ1) is 12.4. The van der Waals surface area contributed by atoms with Crippen LogP contribution in [0, 0.1) is 5.82 Å². The lowest BCUT2D eigenvalue weighted by Crippen LogP contribution is -2.35. The Hall–Kier alpha value is -1.65. The van der Waals surface area contributed by atoms with Crippen LogP contribution in [0.15, 0.2) is 18.3 Å². The molecule has 1 amide bonds. The van der Waals surface area contributed by atoms with E-state index in [1.54, 1.807) is 4.90 Å². The van der Waals surface area contributed by atoms with Crippen LogP contribution in [0.3, 0.4) is 0 Å². The third-order valence-corrected chi connectivity index (χ3v) is 2.28. The second-order valence-corrected chi connectivity index (χ2v) is 3.25. The predicted octanol–water partition coefficient (Wildman–Crippen LogP) is 1.50. The lowest BCUT2D eigenvalue weighted by atomic mass is 10.4. The molecule has 0 bridgehead atoms. The number of carbonyl (C=O) groups excluding carboxylic acids is 1. The van der Waals surface area contributed by atoms with Gasteiger partial charge >= 0.3 is 0 Å². The highest BCUT2D eigenvalue weighted by atomic mass is 19.1. The molecule has 5 heteroatoms. The van der Waals surface area contributed by atoms with Gasteiger partial charge in [0.05, 0.1) is 6.54 Å². The van der Waals surface area contributed by atoms with E-state index < -0.39 is 5.82 Å². The molecule has 0 atom stereocenters. The van der Waals surface area contributed by atoms with Gasteiger partial charge in [-0.3, -0.25) is 4.79 Å². The van der Waals surface area contributed by atoms with Crippen LogP contribution < -0.4 is 5.32 Å². The monoisotopic (exact) mass is 225 g/mol. The van der Waals surface area contributed by atoms with E-state index in [9.17, 15) is 9.18 Å². The van der Waals surface area contributed by atoms with Gasteiger partial charge in [0.1, 0.15) is 0 Å². The number of hydrogen-bond donors (Lipinski definition) is 1. The van der Waals surface area contributed by atoms with Crippen LogP contribution in [0.25, 0.3) is 0 Å². The number of hydrogen-bond acceptors (Lipinski definition) is 3. The zero-order chi connectivity index (χ0) is 12.0. The molecule has 1 N–H and O–H groups in total. The normalized spacial score (nSPS) is 9.94. The Bertz CT molecular complexity index is 353. The minimum absolute atomic E-state index is 0.0601. The number of halogens is 1. The van der Waals surface area contributed by atoms with E-state index in [4.69, 9.17) is 0 Å². The standard InChI is InChI=1S/C11H16FN3O/c1-3-15(4-2)10(16)8-14-11-9(12)6-5-7-13-11/h5-7H,3-4,8H2,1-2H3,(H,13,14). The Morgan fingerprint density at radius 3 is 2.75 bits per heavy atom. The van der Waals surface area contributed by atoms with Crippen molar-refractivity contribution in [2.75, 3.05) is 25.0 Å². The number of pyridine rings is 1. The molecule has 0 aliphatic carbocycles. The first-order valence-corrected chi connectivity index (χ1v) is 5.31. The SMILES string of the molecule is CCN(CC)C(=O)CNc1ncccc1F. The number of nitrogens with zero attached hydrogens (tertiary/aromatic N) is 2. The summed E-state index contributed by atoms with van der Waals surface area (Å²) >= 11 is 0. The van der Waals surface area contributed by atoms with E-state index in [0.717, 1.165) is 0 Å². The quantitative estimate of drug-likeness (QED) is 0.826. The Labute approximate surface area is 94.5 Å². The van der Waals surface area contributed by atoms with E-state index in [1.807, 2.05) is 13.8 Å². The van der Waals surface area contributed by atoms with Crippen molar-refractivity contribution in [1.29, 1.82) is 0 Å². The summed E-state index contributed by atoms with van der Waals surface area (Å²) in [6, 6.07) is 2.81. The molecule has 1 aromatic rings. The maximum absolute atomic E-state index is 13.2.